The second-order valence-electron chi connectivity index (χ2n) is 8.59. The van der Waals surface area contributed by atoms with E-state index in [2.05, 4.69) is 95.7 Å². The van der Waals surface area contributed by atoms with Crippen molar-refractivity contribution >= 4 is 60.0 Å². The first-order valence-electron chi connectivity index (χ1n) is 11.1. The molecule has 4 aromatic carbocycles. The van der Waals surface area contributed by atoms with Crippen LogP contribution in [0.15, 0.2) is 108 Å². The molecule has 4 heteroatoms. The molecule has 0 amide bonds. The summed E-state index contributed by atoms with van der Waals surface area (Å²) in [6, 6.07) is 33.9. The summed E-state index contributed by atoms with van der Waals surface area (Å²) in [4.78, 5) is 0. The fraction of sp³-hybridized carbons (Fsp3) is 0. The zero-order chi connectivity index (χ0) is 21.5. The molecule has 0 saturated carbocycles. The average Bonchev–Trinajstić information content (AvgIpc) is 3.51. The predicted molar refractivity (Wildman–Crippen MR) is 134 cm³/mol. The van der Waals surface area contributed by atoms with Gasteiger partial charge in [-0.2, -0.15) is 0 Å². The Labute approximate surface area is 187 Å². The number of para-hydroxylation sites is 2. The van der Waals surface area contributed by atoms with Crippen LogP contribution in [-0.2, 0) is 0 Å². The van der Waals surface area contributed by atoms with E-state index in [1.54, 1.807) is 0 Å². The smallest absolute Gasteiger partial charge is 0.160 e. The Balaban J connectivity index is 1.51. The second kappa shape index (κ2) is 6.02. The van der Waals surface area contributed by atoms with Gasteiger partial charge >= 0.3 is 0 Å². The van der Waals surface area contributed by atoms with E-state index in [0.29, 0.717) is 0 Å². The first-order valence-corrected chi connectivity index (χ1v) is 11.1. The first kappa shape index (κ1) is 17.0. The molecular weight excluding hydrogens is 406 g/mol. The second-order valence-corrected chi connectivity index (χ2v) is 8.59. The van der Waals surface area contributed by atoms with Crippen molar-refractivity contribution in [1.29, 1.82) is 0 Å². The highest BCUT2D eigenvalue weighted by Gasteiger charge is 2.17. The molecule has 154 valence electrons. The summed E-state index contributed by atoms with van der Waals surface area (Å²) in [7, 11) is 0. The van der Waals surface area contributed by atoms with Crippen molar-refractivity contribution in [3.63, 3.8) is 0 Å². The third-order valence-electron chi connectivity index (χ3n) is 6.71. The van der Waals surface area contributed by atoms with E-state index in [0.717, 1.165) is 44.3 Å². The van der Waals surface area contributed by atoms with Crippen LogP contribution in [0.1, 0.15) is 0 Å². The summed E-state index contributed by atoms with van der Waals surface area (Å²) in [6.45, 7) is 0. The minimum atomic E-state index is 0.906. The number of rotatable bonds is 1. The Kier molecular flexibility index (Phi) is 3.11. The molecule has 0 aliphatic carbocycles. The van der Waals surface area contributed by atoms with E-state index in [4.69, 9.17) is 9.52 Å². The Morgan fingerprint density at radius 1 is 0.576 bits per heavy atom. The van der Waals surface area contributed by atoms with E-state index < -0.39 is 0 Å². The van der Waals surface area contributed by atoms with Crippen LogP contribution in [0.4, 0.5) is 0 Å². The monoisotopic (exact) mass is 423 g/mol. The number of hydrogen-bond acceptors (Lipinski definition) is 2. The lowest BCUT2D eigenvalue weighted by Gasteiger charge is -2.03. The van der Waals surface area contributed by atoms with Crippen LogP contribution in [-0.4, -0.2) is 14.2 Å². The van der Waals surface area contributed by atoms with Crippen LogP contribution in [0.25, 0.3) is 65.9 Å². The number of hydrogen-bond donors (Lipinski definition) is 0. The molecule has 0 atom stereocenters. The topological polar surface area (TPSA) is 35.4 Å². The van der Waals surface area contributed by atoms with Gasteiger partial charge in [0.25, 0.3) is 0 Å². The molecule has 0 N–H and O–H groups in total. The van der Waals surface area contributed by atoms with E-state index in [1.165, 1.54) is 21.5 Å². The zero-order valence-corrected chi connectivity index (χ0v) is 17.6. The summed E-state index contributed by atoms with van der Waals surface area (Å²) in [5.74, 6) is 0.906. The SMILES string of the molecule is c1ccc2cn3nc(-n4c5ccccc5c5cc6oc7ccccc7c6cc54)cc3cc2c1. The Morgan fingerprint density at radius 3 is 2.30 bits per heavy atom. The highest BCUT2D eigenvalue weighted by atomic mass is 16.3. The fourth-order valence-corrected chi connectivity index (χ4v) is 5.20. The molecule has 4 heterocycles. The molecule has 0 saturated heterocycles. The molecular formula is C29H17N3O. The summed E-state index contributed by atoms with van der Waals surface area (Å²) in [5.41, 5.74) is 5.16. The van der Waals surface area contributed by atoms with E-state index in [9.17, 15) is 0 Å². The standard InChI is InChI=1S/C29H17N3O/c1-2-8-19-17-31-20(13-18(19)7-1)14-29(30-31)32-25-11-5-3-9-21(25)23-16-28-24(15-26(23)32)22-10-4-6-12-27(22)33-28/h1-17H. The molecule has 0 fully saturated rings. The van der Waals surface area contributed by atoms with E-state index in [1.807, 2.05) is 16.6 Å². The summed E-state index contributed by atoms with van der Waals surface area (Å²) < 4.78 is 10.4. The van der Waals surface area contributed by atoms with Crippen LogP contribution in [0.5, 0.6) is 0 Å². The molecule has 4 aromatic heterocycles. The maximum atomic E-state index is 6.19. The lowest BCUT2D eigenvalue weighted by atomic mass is 10.1. The molecule has 0 aliphatic heterocycles. The third kappa shape index (κ3) is 2.27. The fourth-order valence-electron chi connectivity index (χ4n) is 5.20. The van der Waals surface area contributed by atoms with Gasteiger partial charge in [-0.05, 0) is 35.7 Å². The van der Waals surface area contributed by atoms with Crippen LogP contribution in [0.2, 0.25) is 0 Å². The van der Waals surface area contributed by atoms with E-state index in [-0.39, 0.29) is 0 Å². The molecule has 8 aromatic rings. The number of furan rings is 1. The van der Waals surface area contributed by atoms with Crippen molar-refractivity contribution in [2.45, 2.75) is 0 Å². The maximum Gasteiger partial charge on any atom is 0.160 e. The minimum Gasteiger partial charge on any atom is -0.456 e. The summed E-state index contributed by atoms with van der Waals surface area (Å²) >= 11 is 0. The summed E-state index contributed by atoms with van der Waals surface area (Å²) in [6.07, 6.45) is 2.10. The molecule has 8 rings (SSSR count). The largest absolute Gasteiger partial charge is 0.456 e. The lowest BCUT2D eigenvalue weighted by molar-refractivity contribution is 0.669. The molecule has 0 unspecified atom stereocenters. The van der Waals surface area contributed by atoms with Crippen molar-refractivity contribution < 1.29 is 4.42 Å². The van der Waals surface area contributed by atoms with Crippen molar-refractivity contribution in [2.75, 3.05) is 0 Å². The minimum absolute atomic E-state index is 0.906. The Hall–Kier alpha value is -4.57. The predicted octanol–water partition coefficient (Wildman–Crippen LogP) is 7.48. The van der Waals surface area contributed by atoms with E-state index >= 15 is 0 Å². The van der Waals surface area contributed by atoms with Gasteiger partial charge in [0.15, 0.2) is 5.82 Å². The van der Waals surface area contributed by atoms with Crippen LogP contribution in [0.3, 0.4) is 0 Å². The average molecular weight is 423 g/mol. The molecule has 0 bridgehead atoms. The number of pyridine rings is 1. The first-order chi connectivity index (χ1) is 16.3. The van der Waals surface area contributed by atoms with Crippen molar-refractivity contribution in [2.24, 2.45) is 0 Å². The van der Waals surface area contributed by atoms with Crippen LogP contribution >= 0.6 is 0 Å². The van der Waals surface area contributed by atoms with Crippen LogP contribution in [0, 0.1) is 0 Å². The van der Waals surface area contributed by atoms with Crippen molar-refractivity contribution in [3.05, 3.63) is 103 Å². The van der Waals surface area contributed by atoms with Gasteiger partial charge in [-0.3, -0.25) is 4.57 Å². The van der Waals surface area contributed by atoms with Gasteiger partial charge in [0.1, 0.15) is 11.2 Å². The molecule has 0 spiro atoms. The molecule has 0 aliphatic rings. The van der Waals surface area contributed by atoms with Crippen molar-refractivity contribution in [1.82, 2.24) is 14.2 Å². The number of nitrogens with zero attached hydrogens (tertiary/aromatic N) is 3. The quantitative estimate of drug-likeness (QED) is 0.274. The van der Waals surface area contributed by atoms with Gasteiger partial charge < -0.3 is 4.42 Å². The molecule has 33 heavy (non-hydrogen) atoms. The lowest BCUT2D eigenvalue weighted by Crippen LogP contribution is -1.95. The molecule has 0 radical (unpaired) electrons. The number of fused-ring (bicyclic) bond motifs is 8. The zero-order valence-electron chi connectivity index (χ0n) is 17.6. The number of aromatic nitrogens is 3. The van der Waals surface area contributed by atoms with Crippen LogP contribution < -0.4 is 0 Å². The summed E-state index contributed by atoms with van der Waals surface area (Å²) in [5, 5.41) is 12.0. The number of benzene rings is 4. The van der Waals surface area contributed by atoms with Gasteiger partial charge in [-0.1, -0.05) is 60.7 Å². The molecule has 4 nitrogen and oxygen atoms in total. The Bertz CT molecular complexity index is 1980. The maximum absolute atomic E-state index is 6.19. The normalized spacial score (nSPS) is 12.2. The van der Waals surface area contributed by atoms with Gasteiger partial charge in [-0.25, -0.2) is 4.52 Å². The Morgan fingerprint density at radius 2 is 1.36 bits per heavy atom. The van der Waals surface area contributed by atoms with Crippen molar-refractivity contribution in [3.8, 4) is 5.82 Å². The highest BCUT2D eigenvalue weighted by Crippen LogP contribution is 2.38. The van der Waals surface area contributed by atoms with Gasteiger partial charge in [0.2, 0.25) is 0 Å². The van der Waals surface area contributed by atoms with Gasteiger partial charge in [0.05, 0.1) is 16.6 Å². The van der Waals surface area contributed by atoms with Gasteiger partial charge in [-0.15, -0.1) is 5.10 Å². The highest BCUT2D eigenvalue weighted by molar-refractivity contribution is 6.17. The van der Waals surface area contributed by atoms with Gasteiger partial charge in [0, 0.05) is 39.2 Å². The third-order valence-corrected chi connectivity index (χ3v) is 6.71.